The quantitative estimate of drug-likeness (QED) is 0.756. The monoisotopic (exact) mass is 216 g/mol. The summed E-state index contributed by atoms with van der Waals surface area (Å²) >= 11 is 1.78. The van der Waals surface area contributed by atoms with Gasteiger partial charge in [-0.1, -0.05) is 41.2 Å². The van der Waals surface area contributed by atoms with Gasteiger partial charge >= 0.3 is 0 Å². The molecule has 0 radical (unpaired) electrons. The van der Waals surface area contributed by atoms with Crippen LogP contribution >= 0.6 is 11.8 Å². The van der Waals surface area contributed by atoms with Crippen LogP contribution in [0.5, 0.6) is 0 Å². The van der Waals surface area contributed by atoms with Gasteiger partial charge in [0.25, 0.3) is 0 Å². The minimum atomic E-state index is -0.150. The van der Waals surface area contributed by atoms with Crippen molar-refractivity contribution < 1.29 is 5.11 Å². The normalized spacial score (nSPS) is 13.0. The molecule has 0 amide bonds. The van der Waals surface area contributed by atoms with Crippen LogP contribution in [-0.4, -0.2) is 17.5 Å². The van der Waals surface area contributed by atoms with Crippen molar-refractivity contribution in [1.29, 1.82) is 0 Å². The van der Waals surface area contributed by atoms with E-state index >= 15 is 0 Å². The summed E-state index contributed by atoms with van der Waals surface area (Å²) in [6, 6.07) is 0. The molecule has 14 heavy (non-hydrogen) atoms. The average molecular weight is 216 g/mol. The highest BCUT2D eigenvalue weighted by molar-refractivity contribution is 8.03. The Kier molecular flexibility index (Phi) is 5.24. The highest BCUT2D eigenvalue weighted by Crippen LogP contribution is 2.34. The van der Waals surface area contributed by atoms with Gasteiger partial charge in [0.15, 0.2) is 0 Å². The number of hydrogen-bond donors (Lipinski definition) is 1. The highest BCUT2D eigenvalue weighted by atomic mass is 32.2. The summed E-state index contributed by atoms with van der Waals surface area (Å²) in [4.78, 5) is 1.09. The van der Waals surface area contributed by atoms with E-state index in [1.165, 1.54) is 6.42 Å². The first-order valence-electron chi connectivity index (χ1n) is 5.12. The lowest BCUT2D eigenvalue weighted by Crippen LogP contribution is -2.18. The summed E-state index contributed by atoms with van der Waals surface area (Å²) in [6.45, 7) is 15.0. The summed E-state index contributed by atoms with van der Waals surface area (Å²) in [5.41, 5.74) is 0.235. The molecule has 0 unspecified atom stereocenters. The molecule has 0 bridgehead atoms. The van der Waals surface area contributed by atoms with E-state index in [0.717, 1.165) is 10.7 Å². The zero-order valence-electron chi connectivity index (χ0n) is 10.2. The SMILES string of the molecule is C=C(SCCC(C)(C)C)C(C)(C)CO. The largest absolute Gasteiger partial charge is 0.395 e. The van der Waals surface area contributed by atoms with Gasteiger partial charge in [0.1, 0.15) is 0 Å². The number of aliphatic hydroxyl groups excluding tert-OH is 1. The summed E-state index contributed by atoms with van der Waals surface area (Å²) in [7, 11) is 0. The standard InChI is InChI=1S/C12H24OS/c1-10(12(5,6)9-13)14-8-7-11(2,3)4/h13H,1,7-9H2,2-6H3. The van der Waals surface area contributed by atoms with Crippen molar-refractivity contribution in [1.82, 2.24) is 0 Å². The van der Waals surface area contributed by atoms with E-state index in [-0.39, 0.29) is 12.0 Å². The lowest BCUT2D eigenvalue weighted by molar-refractivity contribution is 0.197. The molecule has 0 spiro atoms. The van der Waals surface area contributed by atoms with Gasteiger partial charge in [0, 0.05) is 5.41 Å². The topological polar surface area (TPSA) is 20.2 Å². The Hall–Kier alpha value is 0.0500. The maximum atomic E-state index is 9.15. The van der Waals surface area contributed by atoms with Gasteiger partial charge in [-0.15, -0.1) is 11.8 Å². The first-order chi connectivity index (χ1) is 6.19. The molecule has 0 fully saturated rings. The summed E-state index contributed by atoms with van der Waals surface area (Å²) in [6.07, 6.45) is 1.18. The van der Waals surface area contributed by atoms with Gasteiger partial charge in [-0.3, -0.25) is 0 Å². The van der Waals surface area contributed by atoms with Crippen molar-refractivity contribution in [3.8, 4) is 0 Å². The molecule has 84 valence electrons. The predicted molar refractivity (Wildman–Crippen MR) is 66.5 cm³/mol. The maximum absolute atomic E-state index is 9.15. The first-order valence-corrected chi connectivity index (χ1v) is 6.11. The van der Waals surface area contributed by atoms with Crippen LogP contribution < -0.4 is 0 Å². The fourth-order valence-electron chi connectivity index (χ4n) is 0.764. The van der Waals surface area contributed by atoms with E-state index in [1.54, 1.807) is 11.8 Å². The molecule has 1 N–H and O–H groups in total. The Morgan fingerprint density at radius 3 is 2.07 bits per heavy atom. The predicted octanol–water partition coefficient (Wildman–Crippen LogP) is 3.69. The smallest absolute Gasteiger partial charge is 0.0527 e. The minimum Gasteiger partial charge on any atom is -0.395 e. The van der Waals surface area contributed by atoms with Crippen LogP contribution in [0.4, 0.5) is 0 Å². The van der Waals surface area contributed by atoms with Crippen molar-refractivity contribution in [2.24, 2.45) is 10.8 Å². The van der Waals surface area contributed by atoms with E-state index in [9.17, 15) is 0 Å². The van der Waals surface area contributed by atoms with Crippen LogP contribution in [0.15, 0.2) is 11.5 Å². The van der Waals surface area contributed by atoms with Gasteiger partial charge in [0.2, 0.25) is 0 Å². The van der Waals surface area contributed by atoms with Crippen LogP contribution in [0.3, 0.4) is 0 Å². The first kappa shape index (κ1) is 14.1. The second kappa shape index (κ2) is 5.22. The Bertz CT molecular complexity index is 189. The summed E-state index contributed by atoms with van der Waals surface area (Å²) in [5, 5.41) is 9.15. The molecule has 0 aliphatic rings. The third-order valence-corrected chi connectivity index (χ3v) is 3.59. The second-order valence-corrected chi connectivity index (χ2v) is 6.81. The summed E-state index contributed by atoms with van der Waals surface area (Å²) in [5.74, 6) is 1.09. The molecule has 0 rings (SSSR count). The zero-order valence-corrected chi connectivity index (χ0v) is 11.0. The molecular weight excluding hydrogens is 192 g/mol. The van der Waals surface area contributed by atoms with Crippen molar-refractivity contribution in [3.05, 3.63) is 11.5 Å². The molecule has 0 aromatic rings. The third kappa shape index (κ3) is 5.71. The Labute approximate surface area is 93.0 Å². The lowest BCUT2D eigenvalue weighted by atomic mass is 9.94. The Morgan fingerprint density at radius 2 is 1.71 bits per heavy atom. The molecule has 0 saturated heterocycles. The molecule has 0 aromatic carbocycles. The molecule has 0 heterocycles. The zero-order chi connectivity index (χ0) is 11.4. The molecular formula is C12H24OS. The van der Waals surface area contributed by atoms with Crippen molar-refractivity contribution >= 4 is 11.8 Å². The van der Waals surface area contributed by atoms with Crippen LogP contribution in [0.2, 0.25) is 0 Å². The Morgan fingerprint density at radius 1 is 1.21 bits per heavy atom. The van der Waals surface area contributed by atoms with E-state index in [2.05, 4.69) is 27.4 Å². The fourth-order valence-corrected chi connectivity index (χ4v) is 2.18. The molecule has 0 aliphatic carbocycles. The fraction of sp³-hybridized carbons (Fsp3) is 0.833. The number of rotatable bonds is 5. The van der Waals surface area contributed by atoms with Crippen LogP contribution in [0.1, 0.15) is 41.0 Å². The minimum absolute atomic E-state index is 0.150. The summed E-state index contributed by atoms with van der Waals surface area (Å²) < 4.78 is 0. The van der Waals surface area contributed by atoms with Crippen molar-refractivity contribution in [2.75, 3.05) is 12.4 Å². The molecule has 0 aromatic heterocycles. The Balaban J connectivity index is 3.87. The maximum Gasteiger partial charge on any atom is 0.0527 e. The van der Waals surface area contributed by atoms with Crippen LogP contribution in [0, 0.1) is 10.8 Å². The van der Waals surface area contributed by atoms with E-state index in [0.29, 0.717) is 5.41 Å². The van der Waals surface area contributed by atoms with Gasteiger partial charge in [-0.2, -0.15) is 0 Å². The number of aliphatic hydroxyl groups is 1. The van der Waals surface area contributed by atoms with Crippen LogP contribution in [-0.2, 0) is 0 Å². The van der Waals surface area contributed by atoms with Crippen molar-refractivity contribution in [2.45, 2.75) is 41.0 Å². The second-order valence-electron chi connectivity index (χ2n) is 5.62. The molecule has 0 saturated carbocycles. The molecule has 0 aliphatic heterocycles. The van der Waals surface area contributed by atoms with Gasteiger partial charge < -0.3 is 5.11 Å². The van der Waals surface area contributed by atoms with E-state index in [4.69, 9.17) is 5.11 Å². The lowest BCUT2D eigenvalue weighted by Gasteiger charge is -2.25. The highest BCUT2D eigenvalue weighted by Gasteiger charge is 2.21. The molecule has 1 nitrogen and oxygen atoms in total. The van der Waals surface area contributed by atoms with Gasteiger partial charge in [0.05, 0.1) is 6.61 Å². The average Bonchev–Trinajstić information content (AvgIpc) is 2.02. The van der Waals surface area contributed by atoms with Crippen molar-refractivity contribution in [3.63, 3.8) is 0 Å². The molecule has 0 atom stereocenters. The van der Waals surface area contributed by atoms with E-state index < -0.39 is 0 Å². The van der Waals surface area contributed by atoms with Crippen LogP contribution in [0.25, 0.3) is 0 Å². The molecule has 2 heteroatoms. The number of thioether (sulfide) groups is 1. The van der Waals surface area contributed by atoms with E-state index in [1.807, 2.05) is 13.8 Å². The number of hydrogen-bond acceptors (Lipinski definition) is 2. The third-order valence-electron chi connectivity index (χ3n) is 2.28. The van der Waals surface area contributed by atoms with Gasteiger partial charge in [-0.25, -0.2) is 0 Å². The van der Waals surface area contributed by atoms with Gasteiger partial charge in [-0.05, 0) is 22.5 Å².